The van der Waals surface area contributed by atoms with Crippen molar-refractivity contribution in [2.45, 2.75) is 0 Å². The van der Waals surface area contributed by atoms with Crippen molar-refractivity contribution in [3.05, 3.63) is 63.8 Å². The number of hydrogen-bond donors (Lipinski definition) is 2. The van der Waals surface area contributed by atoms with E-state index in [1.54, 1.807) is 6.07 Å². The van der Waals surface area contributed by atoms with Gasteiger partial charge in [-0.2, -0.15) is 5.26 Å². The molecule has 5 nitrogen and oxygen atoms in total. The summed E-state index contributed by atoms with van der Waals surface area (Å²) in [6, 6.07) is 8.11. The summed E-state index contributed by atoms with van der Waals surface area (Å²) in [6.07, 6.45) is 1.33. The summed E-state index contributed by atoms with van der Waals surface area (Å²) < 4.78 is 13.3. The predicted octanol–water partition coefficient (Wildman–Crippen LogP) is 1.64. The van der Waals surface area contributed by atoms with Gasteiger partial charge >= 0.3 is 0 Å². The average molecular weight is 257 g/mol. The maximum absolute atomic E-state index is 13.3. The highest BCUT2D eigenvalue weighted by atomic mass is 19.1. The van der Waals surface area contributed by atoms with Crippen LogP contribution in [-0.4, -0.2) is 10.9 Å². The van der Waals surface area contributed by atoms with Gasteiger partial charge in [0.25, 0.3) is 5.91 Å². The Hall–Kier alpha value is -2.94. The normalized spacial score (nSPS) is 9.68. The lowest BCUT2D eigenvalue weighted by Crippen LogP contribution is -2.16. The molecule has 1 aromatic heterocycles. The van der Waals surface area contributed by atoms with E-state index in [1.165, 1.54) is 24.4 Å². The van der Waals surface area contributed by atoms with Gasteiger partial charge in [-0.3, -0.25) is 9.59 Å². The number of pyridine rings is 1. The molecular weight excluding hydrogens is 249 g/mol. The maximum Gasteiger partial charge on any atom is 0.255 e. The van der Waals surface area contributed by atoms with Crippen LogP contribution in [0.15, 0.2) is 41.3 Å². The number of aromatic amines is 1. The van der Waals surface area contributed by atoms with Crippen LogP contribution in [0, 0.1) is 17.1 Å². The summed E-state index contributed by atoms with van der Waals surface area (Å²) in [4.78, 5) is 25.3. The molecule has 1 aromatic carbocycles. The summed E-state index contributed by atoms with van der Waals surface area (Å²) in [6.45, 7) is 0. The zero-order chi connectivity index (χ0) is 13.8. The number of aromatic nitrogens is 1. The standard InChI is InChI=1S/C13H8FN3O2/c14-10-2-1-3-11(9(10)7-15)17-13(19)8-4-5-16-12(18)6-8/h1-6H,(H,16,18)(H,17,19). The summed E-state index contributed by atoms with van der Waals surface area (Å²) in [5.74, 6) is -1.31. The van der Waals surface area contributed by atoms with Gasteiger partial charge in [-0.15, -0.1) is 0 Å². The number of carbonyl (C=O) groups excluding carboxylic acids is 1. The number of halogens is 1. The molecule has 0 atom stereocenters. The van der Waals surface area contributed by atoms with Gasteiger partial charge in [-0.1, -0.05) is 6.07 Å². The van der Waals surface area contributed by atoms with Crippen LogP contribution in [0.3, 0.4) is 0 Å². The topological polar surface area (TPSA) is 85.8 Å². The predicted molar refractivity (Wildman–Crippen MR) is 66.1 cm³/mol. The Labute approximate surface area is 107 Å². The quantitative estimate of drug-likeness (QED) is 0.857. The van der Waals surface area contributed by atoms with Crippen molar-refractivity contribution in [1.29, 1.82) is 5.26 Å². The SMILES string of the molecule is N#Cc1c(F)cccc1NC(=O)c1cc[nH]c(=O)c1. The molecule has 0 aliphatic rings. The molecule has 0 radical (unpaired) electrons. The van der Waals surface area contributed by atoms with E-state index in [0.29, 0.717) is 0 Å². The first-order chi connectivity index (χ1) is 9.11. The third-order valence-electron chi connectivity index (χ3n) is 2.41. The van der Waals surface area contributed by atoms with E-state index in [-0.39, 0.29) is 16.8 Å². The second kappa shape index (κ2) is 5.14. The number of H-pyrrole nitrogens is 1. The molecule has 1 amide bonds. The number of anilines is 1. The Morgan fingerprint density at radius 2 is 2.16 bits per heavy atom. The molecule has 94 valence electrons. The number of rotatable bonds is 2. The molecule has 0 spiro atoms. The summed E-state index contributed by atoms with van der Waals surface area (Å²) in [7, 11) is 0. The van der Waals surface area contributed by atoms with Gasteiger partial charge < -0.3 is 10.3 Å². The Kier molecular flexibility index (Phi) is 3.39. The molecule has 0 aliphatic heterocycles. The number of nitrogens with zero attached hydrogens (tertiary/aromatic N) is 1. The van der Waals surface area contributed by atoms with Gasteiger partial charge in [0.1, 0.15) is 17.4 Å². The van der Waals surface area contributed by atoms with Crippen molar-refractivity contribution in [2.75, 3.05) is 5.32 Å². The number of nitrogens with one attached hydrogen (secondary N) is 2. The molecule has 19 heavy (non-hydrogen) atoms. The van der Waals surface area contributed by atoms with E-state index in [9.17, 15) is 14.0 Å². The van der Waals surface area contributed by atoms with Crippen molar-refractivity contribution in [2.24, 2.45) is 0 Å². The molecule has 2 aromatic rings. The van der Waals surface area contributed by atoms with E-state index in [1.807, 2.05) is 0 Å². The van der Waals surface area contributed by atoms with Crippen molar-refractivity contribution >= 4 is 11.6 Å². The average Bonchev–Trinajstić information content (AvgIpc) is 2.39. The van der Waals surface area contributed by atoms with Crippen molar-refractivity contribution in [1.82, 2.24) is 4.98 Å². The molecule has 0 unspecified atom stereocenters. The lowest BCUT2D eigenvalue weighted by molar-refractivity contribution is 0.102. The number of carbonyl (C=O) groups is 1. The Balaban J connectivity index is 2.33. The highest BCUT2D eigenvalue weighted by Gasteiger charge is 2.12. The minimum absolute atomic E-state index is 0.0628. The number of benzene rings is 1. The van der Waals surface area contributed by atoms with E-state index in [4.69, 9.17) is 5.26 Å². The fraction of sp³-hybridized carbons (Fsp3) is 0. The zero-order valence-electron chi connectivity index (χ0n) is 9.61. The van der Waals surface area contributed by atoms with Crippen molar-refractivity contribution in [3.63, 3.8) is 0 Å². The summed E-state index contributed by atoms with van der Waals surface area (Å²) >= 11 is 0. The van der Waals surface area contributed by atoms with Crippen LogP contribution in [0.25, 0.3) is 0 Å². The molecule has 0 bridgehead atoms. The van der Waals surface area contributed by atoms with Crippen molar-refractivity contribution in [3.8, 4) is 6.07 Å². The zero-order valence-corrected chi connectivity index (χ0v) is 9.61. The number of nitriles is 1. The van der Waals surface area contributed by atoms with Crippen LogP contribution < -0.4 is 10.9 Å². The second-order valence-corrected chi connectivity index (χ2v) is 3.67. The maximum atomic E-state index is 13.3. The van der Waals surface area contributed by atoms with Crippen LogP contribution >= 0.6 is 0 Å². The van der Waals surface area contributed by atoms with Gasteiger partial charge in [0.05, 0.1) is 5.69 Å². The third-order valence-corrected chi connectivity index (χ3v) is 2.41. The lowest BCUT2D eigenvalue weighted by atomic mass is 10.1. The fourth-order valence-corrected chi connectivity index (χ4v) is 1.52. The first-order valence-corrected chi connectivity index (χ1v) is 5.30. The van der Waals surface area contributed by atoms with Crippen molar-refractivity contribution < 1.29 is 9.18 Å². The van der Waals surface area contributed by atoms with Crippen LogP contribution in [0.1, 0.15) is 15.9 Å². The van der Waals surface area contributed by atoms with Gasteiger partial charge in [0, 0.05) is 17.8 Å². The molecular formula is C13H8FN3O2. The Morgan fingerprint density at radius 1 is 1.37 bits per heavy atom. The molecule has 0 saturated carbocycles. The molecule has 2 rings (SSSR count). The van der Waals surface area contributed by atoms with E-state index >= 15 is 0 Å². The van der Waals surface area contributed by atoms with Crippen LogP contribution in [-0.2, 0) is 0 Å². The highest BCUT2D eigenvalue weighted by Crippen LogP contribution is 2.18. The van der Waals surface area contributed by atoms with Gasteiger partial charge in [-0.05, 0) is 18.2 Å². The molecule has 0 aliphatic carbocycles. The Bertz CT molecular complexity index is 731. The molecule has 0 saturated heterocycles. The number of amides is 1. The minimum atomic E-state index is -0.716. The first-order valence-electron chi connectivity index (χ1n) is 5.30. The highest BCUT2D eigenvalue weighted by molar-refractivity contribution is 6.04. The van der Waals surface area contributed by atoms with Gasteiger partial charge in [0.15, 0.2) is 0 Å². The van der Waals surface area contributed by atoms with Crippen LogP contribution in [0.5, 0.6) is 0 Å². The van der Waals surface area contributed by atoms with E-state index in [2.05, 4.69) is 10.3 Å². The van der Waals surface area contributed by atoms with Gasteiger partial charge in [-0.25, -0.2) is 4.39 Å². The summed E-state index contributed by atoms with van der Waals surface area (Å²) in [5.41, 5.74) is -0.488. The van der Waals surface area contributed by atoms with Crippen LogP contribution in [0.4, 0.5) is 10.1 Å². The fourth-order valence-electron chi connectivity index (χ4n) is 1.52. The van der Waals surface area contributed by atoms with Gasteiger partial charge in [0.2, 0.25) is 5.56 Å². The van der Waals surface area contributed by atoms with E-state index in [0.717, 1.165) is 12.1 Å². The first kappa shape index (κ1) is 12.5. The smallest absolute Gasteiger partial charge is 0.255 e. The molecule has 2 N–H and O–H groups in total. The summed E-state index contributed by atoms with van der Waals surface area (Å²) in [5, 5.41) is 11.2. The largest absolute Gasteiger partial charge is 0.329 e. The number of hydrogen-bond acceptors (Lipinski definition) is 3. The lowest BCUT2D eigenvalue weighted by Gasteiger charge is -2.07. The van der Waals surface area contributed by atoms with E-state index < -0.39 is 17.3 Å². The molecule has 6 heteroatoms. The minimum Gasteiger partial charge on any atom is -0.329 e. The Morgan fingerprint density at radius 3 is 2.84 bits per heavy atom. The monoisotopic (exact) mass is 257 g/mol. The third kappa shape index (κ3) is 2.66. The molecule has 1 heterocycles. The second-order valence-electron chi connectivity index (χ2n) is 3.67. The van der Waals surface area contributed by atoms with Crippen LogP contribution in [0.2, 0.25) is 0 Å². The molecule has 0 fully saturated rings.